The maximum atomic E-state index is 6.88. The largest absolute Gasteiger partial charge is 0.323 e. The average molecular weight is 127 g/mol. The van der Waals surface area contributed by atoms with Crippen LogP contribution in [0, 0.1) is 10.8 Å². The van der Waals surface area contributed by atoms with E-state index in [4.69, 9.17) is 11.3 Å². The van der Waals surface area contributed by atoms with E-state index in [9.17, 15) is 0 Å². The third-order valence-electron chi connectivity index (χ3n) is 1.04. The number of nitrogens with one attached hydrogen (secondary N) is 1. The van der Waals surface area contributed by atoms with Crippen LogP contribution in [0.1, 0.15) is 20.8 Å². The lowest BCUT2D eigenvalue weighted by molar-refractivity contribution is 0.596. The summed E-state index contributed by atoms with van der Waals surface area (Å²) in [6.07, 6.45) is 1.18. The molecule has 0 fully saturated rings. The van der Waals surface area contributed by atoms with E-state index in [1.54, 1.807) is 0 Å². The third-order valence-corrected chi connectivity index (χ3v) is 1.04. The van der Waals surface area contributed by atoms with E-state index < -0.39 is 0 Å². The Labute approximate surface area is 55.5 Å². The quantitative estimate of drug-likeness (QED) is 0.308. The lowest BCUT2D eigenvalue weighted by Gasteiger charge is -2.15. The van der Waals surface area contributed by atoms with Crippen molar-refractivity contribution in [2.75, 3.05) is 0 Å². The van der Waals surface area contributed by atoms with Crippen molar-refractivity contribution in [3.8, 4) is 0 Å². The molecule has 0 aromatic heterocycles. The predicted octanol–water partition coefficient (Wildman–Crippen LogP) is 0.997. The first-order chi connectivity index (χ1) is 4.02. The molecule has 0 atom stereocenters. The molecule has 0 heterocycles. The van der Waals surface area contributed by atoms with Gasteiger partial charge in [-0.2, -0.15) is 5.10 Å². The van der Waals surface area contributed by atoms with Crippen molar-refractivity contribution in [1.82, 2.24) is 0 Å². The monoisotopic (exact) mass is 127 g/mol. The molecule has 0 saturated heterocycles. The Morgan fingerprint density at radius 2 is 2.00 bits per heavy atom. The van der Waals surface area contributed by atoms with E-state index in [2.05, 4.69) is 5.10 Å². The topological polar surface area (TPSA) is 62.2 Å². The summed E-state index contributed by atoms with van der Waals surface area (Å²) in [6.45, 7) is 5.89. The average Bonchev–Trinajstić information content (AvgIpc) is 1.65. The fraction of sp³-hybridized carbons (Fsp3) is 0.667. The SMILES string of the molecule is CC(C)(C)C(C=N)=NN. The second-order valence-electron chi connectivity index (χ2n) is 2.91. The van der Waals surface area contributed by atoms with Crippen molar-refractivity contribution in [3.05, 3.63) is 0 Å². The highest BCUT2D eigenvalue weighted by atomic mass is 15.1. The fourth-order valence-electron chi connectivity index (χ4n) is 0.447. The summed E-state index contributed by atoms with van der Waals surface area (Å²) in [4.78, 5) is 0. The van der Waals surface area contributed by atoms with E-state index in [-0.39, 0.29) is 5.41 Å². The number of nitrogens with zero attached hydrogens (tertiary/aromatic N) is 1. The van der Waals surface area contributed by atoms with Gasteiger partial charge in [0.2, 0.25) is 0 Å². The highest BCUT2D eigenvalue weighted by molar-refractivity contribution is 6.31. The molecule has 0 aliphatic carbocycles. The standard InChI is InChI=1S/C6H13N3/c1-6(2,3)5(4-7)9-8/h4,7H,8H2,1-3H3. The second kappa shape index (κ2) is 2.62. The van der Waals surface area contributed by atoms with Gasteiger partial charge in [-0.1, -0.05) is 20.8 Å². The molecule has 0 aromatic carbocycles. The van der Waals surface area contributed by atoms with Crippen molar-refractivity contribution >= 4 is 11.9 Å². The lowest BCUT2D eigenvalue weighted by Crippen LogP contribution is -2.22. The number of hydrazone groups is 1. The summed E-state index contributed by atoms with van der Waals surface area (Å²) < 4.78 is 0. The van der Waals surface area contributed by atoms with Gasteiger partial charge in [0, 0.05) is 11.6 Å². The number of nitrogens with two attached hydrogens (primary N) is 1. The Kier molecular flexibility index (Phi) is 2.37. The molecule has 0 radical (unpaired) electrons. The van der Waals surface area contributed by atoms with Crippen LogP contribution in [0.3, 0.4) is 0 Å². The van der Waals surface area contributed by atoms with Gasteiger partial charge >= 0.3 is 0 Å². The lowest BCUT2D eigenvalue weighted by atomic mass is 9.91. The third kappa shape index (κ3) is 2.26. The molecule has 3 heteroatoms. The van der Waals surface area contributed by atoms with Crippen molar-refractivity contribution < 1.29 is 0 Å². The zero-order chi connectivity index (χ0) is 7.49. The Balaban J connectivity index is 4.32. The highest BCUT2D eigenvalue weighted by Crippen LogP contribution is 2.13. The van der Waals surface area contributed by atoms with Gasteiger partial charge in [0.05, 0.1) is 5.71 Å². The molecular weight excluding hydrogens is 114 g/mol. The van der Waals surface area contributed by atoms with Gasteiger partial charge in [0.1, 0.15) is 0 Å². The van der Waals surface area contributed by atoms with Gasteiger partial charge in [-0.25, -0.2) is 0 Å². The molecule has 52 valence electrons. The normalized spacial score (nSPS) is 13.4. The van der Waals surface area contributed by atoms with Crippen LogP contribution in [0.5, 0.6) is 0 Å². The zero-order valence-corrected chi connectivity index (χ0v) is 6.10. The molecule has 0 spiro atoms. The van der Waals surface area contributed by atoms with Crippen molar-refractivity contribution in [2.24, 2.45) is 16.4 Å². The van der Waals surface area contributed by atoms with Crippen LogP contribution in [0.25, 0.3) is 0 Å². The van der Waals surface area contributed by atoms with Crippen LogP contribution in [0.15, 0.2) is 5.10 Å². The molecule has 0 aromatic rings. The maximum absolute atomic E-state index is 6.88. The molecule has 0 rings (SSSR count). The Morgan fingerprint density at radius 3 is 2.00 bits per heavy atom. The summed E-state index contributed by atoms with van der Waals surface area (Å²) in [5.74, 6) is 5.01. The first kappa shape index (κ1) is 8.14. The van der Waals surface area contributed by atoms with Crippen molar-refractivity contribution in [1.29, 1.82) is 5.41 Å². The summed E-state index contributed by atoms with van der Waals surface area (Å²) in [5, 5.41) is 10.3. The molecule has 0 unspecified atom stereocenters. The van der Waals surface area contributed by atoms with E-state index in [1.165, 1.54) is 6.21 Å². The summed E-state index contributed by atoms with van der Waals surface area (Å²) in [6, 6.07) is 0. The second-order valence-corrected chi connectivity index (χ2v) is 2.91. The van der Waals surface area contributed by atoms with E-state index in [0.717, 1.165) is 0 Å². The highest BCUT2D eigenvalue weighted by Gasteiger charge is 2.15. The van der Waals surface area contributed by atoms with Gasteiger partial charge in [-0.15, -0.1) is 0 Å². The van der Waals surface area contributed by atoms with Crippen LogP contribution in [-0.4, -0.2) is 11.9 Å². The minimum atomic E-state index is -0.101. The molecule has 0 bridgehead atoms. The first-order valence-corrected chi connectivity index (χ1v) is 2.81. The molecule has 9 heavy (non-hydrogen) atoms. The van der Waals surface area contributed by atoms with Gasteiger partial charge < -0.3 is 11.3 Å². The summed E-state index contributed by atoms with van der Waals surface area (Å²) in [5.41, 5.74) is 0.513. The van der Waals surface area contributed by atoms with Crippen LogP contribution in [0.2, 0.25) is 0 Å². The molecule has 0 saturated carbocycles. The fourth-order valence-corrected chi connectivity index (χ4v) is 0.447. The summed E-state index contributed by atoms with van der Waals surface area (Å²) in [7, 11) is 0. The summed E-state index contributed by atoms with van der Waals surface area (Å²) >= 11 is 0. The first-order valence-electron chi connectivity index (χ1n) is 2.81. The Hall–Kier alpha value is -0.860. The maximum Gasteiger partial charge on any atom is 0.0828 e. The Bertz CT molecular complexity index is 130. The van der Waals surface area contributed by atoms with Gasteiger partial charge in [-0.3, -0.25) is 0 Å². The van der Waals surface area contributed by atoms with Crippen LogP contribution in [0.4, 0.5) is 0 Å². The number of hydrogen-bond acceptors (Lipinski definition) is 3. The predicted molar refractivity (Wildman–Crippen MR) is 39.9 cm³/mol. The molecule has 0 aliphatic heterocycles. The van der Waals surface area contributed by atoms with E-state index in [0.29, 0.717) is 5.71 Å². The van der Waals surface area contributed by atoms with E-state index >= 15 is 0 Å². The van der Waals surface area contributed by atoms with Gasteiger partial charge in [0.25, 0.3) is 0 Å². The van der Waals surface area contributed by atoms with Crippen molar-refractivity contribution in [3.63, 3.8) is 0 Å². The van der Waals surface area contributed by atoms with Crippen LogP contribution < -0.4 is 5.84 Å². The number of hydrogen-bond donors (Lipinski definition) is 2. The number of rotatable bonds is 1. The Morgan fingerprint density at radius 1 is 1.56 bits per heavy atom. The zero-order valence-electron chi connectivity index (χ0n) is 6.10. The van der Waals surface area contributed by atoms with Crippen molar-refractivity contribution in [2.45, 2.75) is 20.8 Å². The van der Waals surface area contributed by atoms with Gasteiger partial charge in [-0.05, 0) is 0 Å². The van der Waals surface area contributed by atoms with Crippen LogP contribution >= 0.6 is 0 Å². The minimum absolute atomic E-state index is 0.101. The molecular formula is C6H13N3. The molecule has 3 nitrogen and oxygen atoms in total. The van der Waals surface area contributed by atoms with Gasteiger partial charge in [0.15, 0.2) is 0 Å². The molecule has 0 aliphatic rings. The molecule has 3 N–H and O–H groups in total. The van der Waals surface area contributed by atoms with E-state index in [1.807, 2.05) is 20.8 Å². The minimum Gasteiger partial charge on any atom is -0.323 e. The smallest absolute Gasteiger partial charge is 0.0828 e. The molecule has 0 amide bonds. The van der Waals surface area contributed by atoms with Crippen LogP contribution in [-0.2, 0) is 0 Å².